The summed E-state index contributed by atoms with van der Waals surface area (Å²) in [6.07, 6.45) is 3.54. The molecule has 0 radical (unpaired) electrons. The number of nitrogens with one attached hydrogen (secondary N) is 1. The number of nitrogens with zero attached hydrogens (tertiary/aromatic N) is 3. The number of piperidine rings is 1. The average molecular weight is 455 g/mol. The monoisotopic (exact) mass is 454 g/mol. The molecule has 0 aromatic carbocycles. The van der Waals surface area contributed by atoms with Gasteiger partial charge in [0.1, 0.15) is 0 Å². The molecule has 1 atom stereocenters. The van der Waals surface area contributed by atoms with Crippen LogP contribution in [0.4, 0.5) is 4.79 Å². The molecule has 32 heavy (non-hydrogen) atoms. The maximum atomic E-state index is 13.8. The van der Waals surface area contributed by atoms with Crippen molar-refractivity contribution in [1.29, 1.82) is 0 Å². The number of thiophene rings is 1. The molecular weight excluding hydrogens is 424 g/mol. The van der Waals surface area contributed by atoms with Crippen molar-refractivity contribution in [2.45, 2.75) is 45.6 Å². The Kier molecular flexibility index (Phi) is 6.07. The molecule has 2 aliphatic rings. The second-order valence-corrected chi connectivity index (χ2v) is 10.6. The highest BCUT2D eigenvalue weighted by atomic mass is 32.1. The molecule has 2 aromatic heterocycles. The number of amides is 4. The van der Waals surface area contributed by atoms with E-state index in [0.29, 0.717) is 44.6 Å². The molecule has 170 valence electrons. The lowest BCUT2D eigenvalue weighted by atomic mass is 9.74. The number of carbonyl (C=O) groups is 3. The van der Waals surface area contributed by atoms with Gasteiger partial charge in [0.2, 0.25) is 5.91 Å². The highest BCUT2D eigenvalue weighted by Gasteiger charge is 2.58. The Labute approximate surface area is 192 Å². The molecule has 7 nitrogen and oxygen atoms in total. The summed E-state index contributed by atoms with van der Waals surface area (Å²) < 4.78 is 0. The van der Waals surface area contributed by atoms with Crippen molar-refractivity contribution in [3.05, 3.63) is 52.5 Å². The number of imide groups is 1. The quantitative estimate of drug-likeness (QED) is 0.702. The van der Waals surface area contributed by atoms with E-state index < -0.39 is 11.0 Å². The van der Waals surface area contributed by atoms with Gasteiger partial charge >= 0.3 is 6.03 Å². The first-order valence-corrected chi connectivity index (χ1v) is 12.0. The molecule has 4 rings (SSSR count). The number of urea groups is 1. The molecule has 2 aromatic rings. The van der Waals surface area contributed by atoms with Gasteiger partial charge < -0.3 is 10.2 Å². The maximum absolute atomic E-state index is 13.8. The second kappa shape index (κ2) is 8.65. The third-order valence-corrected chi connectivity index (χ3v) is 7.33. The number of likely N-dealkylation sites (tertiary alicyclic amines) is 1. The number of pyridine rings is 1. The summed E-state index contributed by atoms with van der Waals surface area (Å²) in [5, 5.41) is 5.02. The molecule has 4 heterocycles. The standard InChI is InChI=1S/C24H30N4O3S/c1-23(2,3)20(29)27-13-9-17(10-14-27)24(19-8-4-5-12-25-19)21(30)28(22(31)26-24)15-11-18-7-6-16-32-18/h4-8,12,16-17H,9-11,13-15H2,1-3H3,(H,26,31). The first kappa shape index (κ1) is 22.5. The second-order valence-electron chi connectivity index (χ2n) is 9.56. The summed E-state index contributed by atoms with van der Waals surface area (Å²) >= 11 is 1.62. The fourth-order valence-corrected chi connectivity index (χ4v) is 5.42. The molecule has 1 unspecified atom stereocenters. The van der Waals surface area contributed by atoms with Crippen LogP contribution in [0.25, 0.3) is 0 Å². The predicted molar refractivity (Wildman–Crippen MR) is 123 cm³/mol. The van der Waals surface area contributed by atoms with E-state index in [9.17, 15) is 14.4 Å². The molecule has 2 aliphatic heterocycles. The molecule has 4 amide bonds. The van der Waals surface area contributed by atoms with Crippen LogP contribution in [-0.2, 0) is 21.5 Å². The van der Waals surface area contributed by atoms with Gasteiger partial charge in [-0.3, -0.25) is 19.5 Å². The fraction of sp³-hybridized carbons (Fsp3) is 0.500. The van der Waals surface area contributed by atoms with Gasteiger partial charge in [-0.05, 0) is 42.8 Å². The van der Waals surface area contributed by atoms with Crippen molar-refractivity contribution >= 4 is 29.2 Å². The lowest BCUT2D eigenvalue weighted by Gasteiger charge is -2.41. The predicted octanol–water partition coefficient (Wildman–Crippen LogP) is 3.42. The summed E-state index contributed by atoms with van der Waals surface area (Å²) in [5.74, 6) is -0.259. The van der Waals surface area contributed by atoms with Crippen LogP contribution in [0, 0.1) is 11.3 Å². The Balaban J connectivity index is 1.58. The molecule has 8 heteroatoms. The van der Waals surface area contributed by atoms with Gasteiger partial charge in [-0.25, -0.2) is 4.79 Å². The van der Waals surface area contributed by atoms with Crippen molar-refractivity contribution in [3.63, 3.8) is 0 Å². The minimum atomic E-state index is -1.19. The largest absolute Gasteiger partial charge is 0.342 e. The van der Waals surface area contributed by atoms with Gasteiger partial charge in [-0.2, -0.15) is 0 Å². The number of hydrogen-bond donors (Lipinski definition) is 1. The van der Waals surface area contributed by atoms with E-state index >= 15 is 0 Å². The lowest BCUT2D eigenvalue weighted by Crippen LogP contribution is -2.55. The minimum Gasteiger partial charge on any atom is -0.342 e. The number of carbonyl (C=O) groups excluding carboxylic acids is 3. The molecular formula is C24H30N4O3S. The van der Waals surface area contributed by atoms with E-state index in [-0.39, 0.29) is 23.8 Å². The van der Waals surface area contributed by atoms with Crippen molar-refractivity contribution in [1.82, 2.24) is 20.1 Å². The summed E-state index contributed by atoms with van der Waals surface area (Å²) in [6, 6.07) is 9.07. The van der Waals surface area contributed by atoms with E-state index in [1.165, 1.54) is 4.90 Å². The first-order chi connectivity index (χ1) is 15.2. The molecule has 2 saturated heterocycles. The van der Waals surface area contributed by atoms with Crippen molar-refractivity contribution in [2.24, 2.45) is 11.3 Å². The van der Waals surface area contributed by atoms with E-state index in [1.807, 2.05) is 55.3 Å². The average Bonchev–Trinajstić information content (AvgIpc) is 3.39. The van der Waals surface area contributed by atoms with Gasteiger partial charge in [-0.1, -0.05) is 32.9 Å². The van der Waals surface area contributed by atoms with Crippen LogP contribution < -0.4 is 5.32 Å². The SMILES string of the molecule is CC(C)(C)C(=O)N1CCC(C2(c3ccccn3)NC(=O)N(CCc3cccs3)C2=O)CC1. The Hall–Kier alpha value is -2.74. The first-order valence-electron chi connectivity index (χ1n) is 11.1. The Morgan fingerprint density at radius 2 is 1.94 bits per heavy atom. The summed E-state index contributed by atoms with van der Waals surface area (Å²) in [5.41, 5.74) is -1.07. The van der Waals surface area contributed by atoms with Gasteiger partial charge in [0.05, 0.1) is 5.69 Å². The molecule has 0 spiro atoms. The van der Waals surface area contributed by atoms with Crippen LogP contribution in [0.5, 0.6) is 0 Å². The molecule has 0 bridgehead atoms. The fourth-order valence-electron chi connectivity index (χ4n) is 4.72. The van der Waals surface area contributed by atoms with Crippen molar-refractivity contribution in [3.8, 4) is 0 Å². The van der Waals surface area contributed by atoms with Crippen LogP contribution in [-0.4, -0.2) is 52.3 Å². The molecule has 0 aliphatic carbocycles. The van der Waals surface area contributed by atoms with Crippen LogP contribution in [0.15, 0.2) is 41.9 Å². The number of rotatable bonds is 5. The third-order valence-electron chi connectivity index (χ3n) is 6.40. The van der Waals surface area contributed by atoms with Crippen LogP contribution >= 0.6 is 11.3 Å². The van der Waals surface area contributed by atoms with E-state index in [0.717, 1.165) is 4.88 Å². The summed E-state index contributed by atoms with van der Waals surface area (Å²) in [4.78, 5) is 48.3. The Morgan fingerprint density at radius 1 is 1.19 bits per heavy atom. The van der Waals surface area contributed by atoms with Crippen LogP contribution in [0.3, 0.4) is 0 Å². The van der Waals surface area contributed by atoms with E-state index in [2.05, 4.69) is 10.3 Å². The molecule has 0 saturated carbocycles. The highest BCUT2D eigenvalue weighted by Crippen LogP contribution is 2.41. The Bertz CT molecular complexity index is 978. The molecule has 2 fully saturated rings. The molecule has 1 N–H and O–H groups in total. The van der Waals surface area contributed by atoms with Gasteiger partial charge in [0, 0.05) is 42.0 Å². The summed E-state index contributed by atoms with van der Waals surface area (Å²) in [6.45, 7) is 7.22. The van der Waals surface area contributed by atoms with Gasteiger partial charge in [0.25, 0.3) is 5.91 Å². The lowest BCUT2D eigenvalue weighted by molar-refractivity contribution is -0.142. The zero-order chi connectivity index (χ0) is 22.9. The number of hydrogen-bond acceptors (Lipinski definition) is 5. The van der Waals surface area contributed by atoms with Crippen molar-refractivity contribution in [2.75, 3.05) is 19.6 Å². The van der Waals surface area contributed by atoms with Crippen molar-refractivity contribution < 1.29 is 14.4 Å². The topological polar surface area (TPSA) is 82.6 Å². The number of aromatic nitrogens is 1. The normalized spacial score (nSPS) is 22.3. The zero-order valence-corrected chi connectivity index (χ0v) is 19.7. The van der Waals surface area contributed by atoms with Crippen LogP contribution in [0.2, 0.25) is 0 Å². The van der Waals surface area contributed by atoms with E-state index in [4.69, 9.17) is 0 Å². The third kappa shape index (κ3) is 4.03. The van der Waals surface area contributed by atoms with Gasteiger partial charge in [-0.15, -0.1) is 11.3 Å². The Morgan fingerprint density at radius 3 is 2.53 bits per heavy atom. The maximum Gasteiger partial charge on any atom is 0.325 e. The zero-order valence-electron chi connectivity index (χ0n) is 18.8. The van der Waals surface area contributed by atoms with Gasteiger partial charge in [0.15, 0.2) is 5.54 Å². The van der Waals surface area contributed by atoms with E-state index in [1.54, 1.807) is 23.6 Å². The minimum absolute atomic E-state index is 0.113. The smallest absolute Gasteiger partial charge is 0.325 e. The summed E-state index contributed by atoms with van der Waals surface area (Å²) in [7, 11) is 0. The van der Waals surface area contributed by atoms with Crippen LogP contribution in [0.1, 0.15) is 44.2 Å². The highest BCUT2D eigenvalue weighted by molar-refractivity contribution is 7.09.